The van der Waals surface area contributed by atoms with Crippen molar-refractivity contribution in [3.05, 3.63) is 29.8 Å². The zero-order chi connectivity index (χ0) is 15.1. The summed E-state index contributed by atoms with van der Waals surface area (Å²) < 4.78 is 5.73. The van der Waals surface area contributed by atoms with Crippen LogP contribution in [0.15, 0.2) is 24.3 Å². The van der Waals surface area contributed by atoms with Gasteiger partial charge in [0.2, 0.25) is 0 Å². The Morgan fingerprint density at radius 1 is 1.14 bits per heavy atom. The third kappa shape index (κ3) is 5.91. The molecule has 1 heterocycles. The van der Waals surface area contributed by atoms with Crippen LogP contribution in [-0.4, -0.2) is 24.7 Å². The molecule has 2 nitrogen and oxygen atoms in total. The average Bonchev–Trinajstić information content (AvgIpc) is 2.52. The number of hydrogen-bond acceptors (Lipinski definition) is 3. The van der Waals surface area contributed by atoms with Crippen molar-refractivity contribution in [1.29, 1.82) is 0 Å². The van der Waals surface area contributed by atoms with Crippen molar-refractivity contribution >= 4 is 11.8 Å². The lowest BCUT2D eigenvalue weighted by molar-refractivity contribution is 0.271. The molecule has 0 saturated carbocycles. The van der Waals surface area contributed by atoms with Crippen LogP contribution < -0.4 is 10.1 Å². The molecule has 1 N–H and O–H groups in total. The van der Waals surface area contributed by atoms with Crippen LogP contribution >= 0.6 is 11.8 Å². The van der Waals surface area contributed by atoms with Crippen molar-refractivity contribution in [2.24, 2.45) is 11.8 Å². The fraction of sp³-hybridized carbons (Fsp3) is 0.667. The Kier molecular flexibility index (Phi) is 6.91. The summed E-state index contributed by atoms with van der Waals surface area (Å²) in [5, 5.41) is 3.69. The standard InChI is InChI=1S/C18H29NOS/c1-14(2)13-20-18-6-4-17(5-7-18)15(3)19-12-16-8-10-21-11-9-16/h4-7,14-16,19H,8-13H2,1-3H3. The largest absolute Gasteiger partial charge is 0.493 e. The summed E-state index contributed by atoms with van der Waals surface area (Å²) >= 11 is 2.10. The minimum absolute atomic E-state index is 0.415. The van der Waals surface area contributed by atoms with Crippen LogP contribution in [0, 0.1) is 11.8 Å². The van der Waals surface area contributed by atoms with Crippen LogP contribution in [0.3, 0.4) is 0 Å². The molecule has 1 aliphatic heterocycles. The topological polar surface area (TPSA) is 21.3 Å². The summed E-state index contributed by atoms with van der Waals surface area (Å²) in [7, 11) is 0. The van der Waals surface area contributed by atoms with Gasteiger partial charge in [-0.25, -0.2) is 0 Å². The van der Waals surface area contributed by atoms with Gasteiger partial charge >= 0.3 is 0 Å². The first-order valence-electron chi connectivity index (χ1n) is 8.19. The fourth-order valence-electron chi connectivity index (χ4n) is 2.53. The summed E-state index contributed by atoms with van der Waals surface area (Å²) in [6, 6.07) is 8.97. The number of nitrogens with one attached hydrogen (secondary N) is 1. The maximum absolute atomic E-state index is 5.73. The van der Waals surface area contributed by atoms with Crippen LogP contribution in [0.1, 0.15) is 45.2 Å². The average molecular weight is 308 g/mol. The van der Waals surface area contributed by atoms with Gasteiger partial charge in [0, 0.05) is 6.04 Å². The maximum atomic E-state index is 5.73. The Morgan fingerprint density at radius 2 is 1.81 bits per heavy atom. The van der Waals surface area contributed by atoms with Crippen LogP contribution in [0.25, 0.3) is 0 Å². The molecule has 3 heteroatoms. The molecule has 0 aromatic heterocycles. The van der Waals surface area contributed by atoms with E-state index in [2.05, 4.69) is 62.1 Å². The van der Waals surface area contributed by atoms with E-state index in [0.29, 0.717) is 12.0 Å². The predicted molar refractivity (Wildman–Crippen MR) is 93.2 cm³/mol. The van der Waals surface area contributed by atoms with Gasteiger partial charge in [-0.1, -0.05) is 26.0 Å². The Balaban J connectivity index is 1.77. The molecular formula is C18H29NOS. The summed E-state index contributed by atoms with van der Waals surface area (Å²) in [6.45, 7) is 8.52. The van der Waals surface area contributed by atoms with Crippen LogP contribution in [0.4, 0.5) is 0 Å². The predicted octanol–water partition coefficient (Wildman–Crippen LogP) is 4.52. The van der Waals surface area contributed by atoms with Gasteiger partial charge in [-0.05, 0) is 67.3 Å². The molecule has 1 aromatic rings. The van der Waals surface area contributed by atoms with Gasteiger partial charge in [0.05, 0.1) is 6.61 Å². The molecule has 0 amide bonds. The van der Waals surface area contributed by atoms with E-state index in [1.54, 1.807) is 0 Å². The molecule has 1 atom stereocenters. The molecule has 0 radical (unpaired) electrons. The molecule has 1 unspecified atom stereocenters. The minimum atomic E-state index is 0.415. The van der Waals surface area contributed by atoms with E-state index in [1.165, 1.54) is 29.9 Å². The SMILES string of the molecule is CC(C)COc1ccc(C(C)NCC2CCSCC2)cc1. The zero-order valence-electron chi connectivity index (χ0n) is 13.6. The minimum Gasteiger partial charge on any atom is -0.493 e. The van der Waals surface area contributed by atoms with Crippen LogP contribution in [-0.2, 0) is 0 Å². The van der Waals surface area contributed by atoms with Gasteiger partial charge in [0.25, 0.3) is 0 Å². The molecule has 1 saturated heterocycles. The molecule has 1 aliphatic rings. The van der Waals surface area contributed by atoms with Crippen molar-refractivity contribution < 1.29 is 4.74 Å². The molecule has 118 valence electrons. The highest BCUT2D eigenvalue weighted by atomic mass is 32.2. The van der Waals surface area contributed by atoms with Crippen molar-refractivity contribution in [3.8, 4) is 5.75 Å². The number of benzene rings is 1. The lowest BCUT2D eigenvalue weighted by atomic mass is 10.0. The number of thioether (sulfide) groups is 1. The summed E-state index contributed by atoms with van der Waals surface area (Å²) in [5.41, 5.74) is 1.34. The first-order valence-corrected chi connectivity index (χ1v) is 9.34. The highest BCUT2D eigenvalue weighted by molar-refractivity contribution is 7.99. The Morgan fingerprint density at radius 3 is 2.43 bits per heavy atom. The Hall–Kier alpha value is -0.670. The van der Waals surface area contributed by atoms with Crippen molar-refractivity contribution in [1.82, 2.24) is 5.32 Å². The van der Waals surface area contributed by atoms with Crippen LogP contribution in [0.2, 0.25) is 0 Å². The molecule has 1 fully saturated rings. The third-order valence-corrected chi connectivity index (χ3v) is 5.07. The lowest BCUT2D eigenvalue weighted by Crippen LogP contribution is -2.27. The van der Waals surface area contributed by atoms with E-state index >= 15 is 0 Å². The van der Waals surface area contributed by atoms with Gasteiger partial charge < -0.3 is 10.1 Å². The normalized spacial score (nSPS) is 17.9. The molecule has 21 heavy (non-hydrogen) atoms. The summed E-state index contributed by atoms with van der Waals surface area (Å²) in [6.07, 6.45) is 2.73. The molecule has 2 rings (SSSR count). The molecule has 1 aromatic carbocycles. The van der Waals surface area contributed by atoms with Crippen molar-refractivity contribution in [3.63, 3.8) is 0 Å². The van der Waals surface area contributed by atoms with Gasteiger partial charge in [-0.2, -0.15) is 11.8 Å². The summed E-state index contributed by atoms with van der Waals surface area (Å²) in [4.78, 5) is 0. The molecule has 0 aliphatic carbocycles. The molecular weight excluding hydrogens is 278 g/mol. The smallest absolute Gasteiger partial charge is 0.119 e. The Bertz CT molecular complexity index is 398. The van der Waals surface area contributed by atoms with Crippen molar-refractivity contribution in [2.45, 2.75) is 39.7 Å². The van der Waals surface area contributed by atoms with E-state index in [4.69, 9.17) is 4.74 Å². The van der Waals surface area contributed by atoms with E-state index in [-0.39, 0.29) is 0 Å². The second-order valence-electron chi connectivity index (χ2n) is 6.46. The van der Waals surface area contributed by atoms with Crippen molar-refractivity contribution in [2.75, 3.05) is 24.7 Å². The van der Waals surface area contributed by atoms with Gasteiger partial charge in [-0.15, -0.1) is 0 Å². The van der Waals surface area contributed by atoms with E-state index in [0.717, 1.165) is 24.8 Å². The maximum Gasteiger partial charge on any atom is 0.119 e. The van der Waals surface area contributed by atoms with Crippen LogP contribution in [0.5, 0.6) is 5.75 Å². The third-order valence-electron chi connectivity index (χ3n) is 4.02. The van der Waals surface area contributed by atoms with Gasteiger partial charge in [-0.3, -0.25) is 0 Å². The second kappa shape index (κ2) is 8.70. The number of rotatable bonds is 7. The number of ether oxygens (including phenoxy) is 1. The van der Waals surface area contributed by atoms with Gasteiger partial charge in [0.1, 0.15) is 5.75 Å². The first kappa shape index (κ1) is 16.7. The summed E-state index contributed by atoms with van der Waals surface area (Å²) in [5.74, 6) is 5.08. The number of hydrogen-bond donors (Lipinski definition) is 1. The van der Waals surface area contributed by atoms with E-state index in [9.17, 15) is 0 Å². The Labute approximate surface area is 134 Å². The molecule has 0 bridgehead atoms. The highest BCUT2D eigenvalue weighted by Crippen LogP contribution is 2.23. The second-order valence-corrected chi connectivity index (χ2v) is 7.68. The quantitative estimate of drug-likeness (QED) is 0.800. The zero-order valence-corrected chi connectivity index (χ0v) is 14.4. The lowest BCUT2D eigenvalue weighted by Gasteiger charge is -2.24. The monoisotopic (exact) mass is 307 g/mol. The highest BCUT2D eigenvalue weighted by Gasteiger charge is 2.14. The van der Waals surface area contributed by atoms with E-state index in [1.807, 2.05) is 0 Å². The first-order chi connectivity index (χ1) is 10.1. The fourth-order valence-corrected chi connectivity index (χ4v) is 3.73. The molecule has 0 spiro atoms. The van der Waals surface area contributed by atoms with E-state index < -0.39 is 0 Å². The van der Waals surface area contributed by atoms with Gasteiger partial charge in [0.15, 0.2) is 0 Å².